The predicted octanol–water partition coefficient (Wildman–Crippen LogP) is 1.29. The number of aliphatic hydroxyl groups excluding tert-OH is 1. The Bertz CT molecular complexity index is 1250. The number of nitrogens with zero attached hydrogens (tertiary/aromatic N) is 1. The second-order valence-electron chi connectivity index (χ2n) is 11.3. The number of nitrogens with one attached hydrogen (secondary N) is 4. The van der Waals surface area contributed by atoms with Crippen LogP contribution in [0.25, 0.3) is 0 Å². The van der Waals surface area contributed by atoms with Crippen LogP contribution in [0.4, 0.5) is 0 Å². The summed E-state index contributed by atoms with van der Waals surface area (Å²) >= 11 is 0. The number of fused-ring (bicyclic) bond motifs is 18. The summed E-state index contributed by atoms with van der Waals surface area (Å²) in [5.74, 6) is -2.21. The molecule has 0 aliphatic carbocycles. The number of carbonyl (C=O) groups excluding carboxylic acids is 5. The van der Waals surface area contributed by atoms with Crippen LogP contribution in [-0.4, -0.2) is 77.4 Å². The molecule has 0 fully saturated rings. The first-order valence-electron chi connectivity index (χ1n) is 14.8. The molecule has 2 aliphatic heterocycles. The van der Waals surface area contributed by atoms with Gasteiger partial charge in [-0.3, -0.25) is 24.0 Å². The molecule has 0 spiro atoms. The zero-order chi connectivity index (χ0) is 31.4. The standard InChI is InChI=1S/C32H43N5O6/c1-21(2)17-26-31(42)34-22(3)29(40)33-15-7-8-16-37(28(39)20-38)19-24-11-13-25(14-12-24)30(41)35-27(32(43)36-26)18-23-9-5-4-6-10-23/h4-6,9-14,21-22,26-27,38H,7-8,15-20H2,1-3H3,(H,33,40)(H,34,42)(H,35,41)(H,36,43)/t22-,26+,27-/m1/s1. The van der Waals surface area contributed by atoms with E-state index in [9.17, 15) is 29.1 Å². The van der Waals surface area contributed by atoms with E-state index in [4.69, 9.17) is 0 Å². The number of carbonyl (C=O) groups is 5. The summed E-state index contributed by atoms with van der Waals surface area (Å²) in [6.45, 7) is 5.76. The SMILES string of the molecule is CC(C)C[C@@H]1NC(=O)[C@@H](Cc2ccccc2)NC(=O)c2ccc(cc2)CN(C(=O)CO)CCCCNC(=O)[C@@H](C)NC1=O. The van der Waals surface area contributed by atoms with Gasteiger partial charge in [0, 0.05) is 31.6 Å². The summed E-state index contributed by atoms with van der Waals surface area (Å²) < 4.78 is 0. The molecule has 232 valence electrons. The Kier molecular flexibility index (Phi) is 12.7. The van der Waals surface area contributed by atoms with Crippen molar-refractivity contribution in [2.45, 2.75) is 71.1 Å². The second-order valence-corrected chi connectivity index (χ2v) is 11.3. The Morgan fingerprint density at radius 3 is 2.21 bits per heavy atom. The minimum atomic E-state index is -0.982. The minimum Gasteiger partial charge on any atom is -0.387 e. The second kappa shape index (κ2) is 16.4. The number of aliphatic hydroxyl groups is 1. The maximum atomic E-state index is 13.6. The van der Waals surface area contributed by atoms with Crippen molar-refractivity contribution in [1.82, 2.24) is 26.2 Å². The van der Waals surface area contributed by atoms with Gasteiger partial charge < -0.3 is 31.3 Å². The summed E-state index contributed by atoms with van der Waals surface area (Å²) in [6.07, 6.45) is 1.69. The number of rotatable bonds is 5. The van der Waals surface area contributed by atoms with E-state index in [1.807, 2.05) is 44.2 Å². The Balaban J connectivity index is 1.91. The van der Waals surface area contributed by atoms with Gasteiger partial charge in [0.2, 0.25) is 23.6 Å². The Labute approximate surface area is 252 Å². The van der Waals surface area contributed by atoms with E-state index < -0.39 is 48.4 Å². The van der Waals surface area contributed by atoms with Gasteiger partial charge in [-0.25, -0.2) is 0 Å². The van der Waals surface area contributed by atoms with Crippen molar-refractivity contribution < 1.29 is 29.1 Å². The molecule has 5 N–H and O–H groups in total. The van der Waals surface area contributed by atoms with Crippen LogP contribution >= 0.6 is 0 Å². The van der Waals surface area contributed by atoms with Crippen molar-refractivity contribution in [2.24, 2.45) is 5.92 Å². The minimum absolute atomic E-state index is 0.0626. The molecule has 2 aliphatic rings. The van der Waals surface area contributed by atoms with E-state index in [-0.39, 0.29) is 24.8 Å². The first-order valence-corrected chi connectivity index (χ1v) is 14.8. The van der Waals surface area contributed by atoms with Gasteiger partial charge >= 0.3 is 0 Å². The molecule has 0 unspecified atom stereocenters. The number of hydrogen-bond donors (Lipinski definition) is 5. The maximum Gasteiger partial charge on any atom is 0.251 e. The van der Waals surface area contributed by atoms with Gasteiger partial charge in [-0.05, 0) is 55.4 Å². The van der Waals surface area contributed by atoms with Gasteiger partial charge in [-0.1, -0.05) is 56.3 Å². The molecule has 3 atom stereocenters. The molecule has 0 radical (unpaired) electrons. The molecule has 2 bridgehead atoms. The largest absolute Gasteiger partial charge is 0.387 e. The molecule has 0 saturated carbocycles. The summed E-state index contributed by atoms with van der Waals surface area (Å²) in [5, 5.41) is 20.6. The molecule has 43 heavy (non-hydrogen) atoms. The van der Waals surface area contributed by atoms with Crippen LogP contribution in [0.2, 0.25) is 0 Å². The van der Waals surface area contributed by atoms with Crippen LogP contribution in [0, 0.1) is 5.92 Å². The first kappa shape index (κ1) is 33.3. The third-order valence-corrected chi connectivity index (χ3v) is 7.23. The molecule has 2 heterocycles. The Hall–Kier alpha value is -4.25. The summed E-state index contributed by atoms with van der Waals surface area (Å²) in [4.78, 5) is 66.7. The van der Waals surface area contributed by atoms with Crippen LogP contribution in [0.3, 0.4) is 0 Å². The average Bonchev–Trinajstić information content (AvgIpc) is 2.99. The normalized spacial score (nSPS) is 21.3. The summed E-state index contributed by atoms with van der Waals surface area (Å²) in [6, 6.07) is 13.2. The fraction of sp³-hybridized carbons (Fsp3) is 0.469. The van der Waals surface area contributed by atoms with Crippen LogP contribution in [0.5, 0.6) is 0 Å². The number of benzene rings is 2. The van der Waals surface area contributed by atoms with Crippen LogP contribution in [0.1, 0.15) is 61.5 Å². The third-order valence-electron chi connectivity index (χ3n) is 7.23. The van der Waals surface area contributed by atoms with Crippen LogP contribution < -0.4 is 21.3 Å². The van der Waals surface area contributed by atoms with Gasteiger partial charge in [0.1, 0.15) is 24.7 Å². The quantitative estimate of drug-likeness (QED) is 0.329. The van der Waals surface area contributed by atoms with Crippen LogP contribution in [0.15, 0.2) is 54.6 Å². The molecule has 2 aromatic rings. The van der Waals surface area contributed by atoms with Crippen molar-refractivity contribution in [3.8, 4) is 0 Å². The van der Waals surface area contributed by atoms with Gasteiger partial charge in [0.05, 0.1) is 0 Å². The van der Waals surface area contributed by atoms with Crippen molar-refractivity contribution >= 4 is 29.5 Å². The zero-order valence-electron chi connectivity index (χ0n) is 25.1. The highest BCUT2D eigenvalue weighted by Crippen LogP contribution is 2.12. The molecule has 11 nitrogen and oxygen atoms in total. The number of hydrogen-bond acceptors (Lipinski definition) is 6. The highest BCUT2D eigenvalue weighted by Gasteiger charge is 2.29. The fourth-order valence-corrected chi connectivity index (χ4v) is 4.82. The van der Waals surface area contributed by atoms with E-state index in [1.165, 1.54) is 4.90 Å². The maximum absolute atomic E-state index is 13.6. The van der Waals surface area contributed by atoms with E-state index in [0.717, 1.165) is 11.1 Å². The van der Waals surface area contributed by atoms with Gasteiger partial charge in [-0.15, -0.1) is 0 Å². The van der Waals surface area contributed by atoms with Gasteiger partial charge in [0.15, 0.2) is 0 Å². The van der Waals surface area contributed by atoms with Gasteiger partial charge in [0.25, 0.3) is 5.91 Å². The molecule has 5 amide bonds. The van der Waals surface area contributed by atoms with Crippen molar-refractivity contribution in [3.63, 3.8) is 0 Å². The van der Waals surface area contributed by atoms with Crippen molar-refractivity contribution in [1.29, 1.82) is 0 Å². The average molecular weight is 594 g/mol. The van der Waals surface area contributed by atoms with E-state index in [0.29, 0.717) is 37.9 Å². The summed E-state index contributed by atoms with van der Waals surface area (Å²) in [5.41, 5.74) is 1.93. The monoisotopic (exact) mass is 593 g/mol. The van der Waals surface area contributed by atoms with Crippen molar-refractivity contribution in [3.05, 3.63) is 71.3 Å². The lowest BCUT2D eigenvalue weighted by Crippen LogP contribution is -2.57. The van der Waals surface area contributed by atoms with Crippen LogP contribution in [-0.2, 0) is 32.1 Å². The Morgan fingerprint density at radius 2 is 1.56 bits per heavy atom. The fourth-order valence-electron chi connectivity index (χ4n) is 4.82. The predicted molar refractivity (Wildman–Crippen MR) is 162 cm³/mol. The third kappa shape index (κ3) is 10.5. The molecular weight excluding hydrogens is 550 g/mol. The smallest absolute Gasteiger partial charge is 0.251 e. The van der Waals surface area contributed by atoms with Crippen molar-refractivity contribution in [2.75, 3.05) is 19.7 Å². The molecule has 2 aromatic carbocycles. The highest BCUT2D eigenvalue weighted by molar-refractivity contribution is 5.99. The highest BCUT2D eigenvalue weighted by atomic mass is 16.3. The topological polar surface area (TPSA) is 157 Å². The Morgan fingerprint density at radius 1 is 0.884 bits per heavy atom. The number of amides is 5. The molecule has 11 heteroatoms. The lowest BCUT2D eigenvalue weighted by molar-refractivity contribution is -0.135. The molecule has 4 rings (SSSR count). The molecule has 0 aromatic heterocycles. The first-order chi connectivity index (χ1) is 20.6. The molecule has 0 saturated heterocycles. The van der Waals surface area contributed by atoms with E-state index in [1.54, 1.807) is 31.2 Å². The van der Waals surface area contributed by atoms with E-state index >= 15 is 0 Å². The zero-order valence-corrected chi connectivity index (χ0v) is 25.1. The lowest BCUT2D eigenvalue weighted by Gasteiger charge is -2.25. The lowest BCUT2D eigenvalue weighted by atomic mass is 10.0. The summed E-state index contributed by atoms with van der Waals surface area (Å²) in [7, 11) is 0. The van der Waals surface area contributed by atoms with Gasteiger partial charge in [-0.2, -0.15) is 0 Å². The molecular formula is C32H43N5O6. The van der Waals surface area contributed by atoms with E-state index in [2.05, 4.69) is 21.3 Å².